The van der Waals surface area contributed by atoms with Crippen LogP contribution in [0, 0.1) is 5.41 Å². The number of carbonyl (C=O) groups is 4. The van der Waals surface area contributed by atoms with E-state index in [0.717, 1.165) is 6.08 Å². The molecule has 0 aliphatic rings. The summed E-state index contributed by atoms with van der Waals surface area (Å²) < 4.78 is 0. The zero-order valence-corrected chi connectivity index (χ0v) is 17.2. The van der Waals surface area contributed by atoms with E-state index >= 15 is 0 Å². The molecule has 1 heterocycles. The molecule has 2 atom stereocenters. The molecule has 0 saturated heterocycles. The minimum absolute atomic E-state index is 0.132. The lowest BCUT2D eigenvalue weighted by Crippen LogP contribution is -2.52. The second-order valence-corrected chi connectivity index (χ2v) is 6.82. The first-order chi connectivity index (χ1) is 15.6. The number of amides is 2. The van der Waals surface area contributed by atoms with E-state index in [9.17, 15) is 24.3 Å². The van der Waals surface area contributed by atoms with Gasteiger partial charge in [0.2, 0.25) is 11.8 Å². The molecule has 0 fully saturated rings. The van der Waals surface area contributed by atoms with Gasteiger partial charge in [0.1, 0.15) is 12.1 Å². The average Bonchev–Trinajstić information content (AvgIpc) is 3.24. The second-order valence-electron chi connectivity index (χ2n) is 6.82. The molecule has 33 heavy (non-hydrogen) atoms. The Balaban J connectivity index is 2.02. The number of benzene rings is 1. The summed E-state index contributed by atoms with van der Waals surface area (Å²) in [7, 11) is 0. The first kappa shape index (κ1) is 24.6. The Morgan fingerprint density at radius 3 is 2.36 bits per heavy atom. The Kier molecular flexibility index (Phi) is 8.67. The molecule has 0 aliphatic heterocycles. The van der Waals surface area contributed by atoms with E-state index in [2.05, 4.69) is 25.9 Å². The van der Waals surface area contributed by atoms with E-state index < -0.39 is 42.3 Å². The van der Waals surface area contributed by atoms with Gasteiger partial charge in [-0.15, -0.1) is 0 Å². The van der Waals surface area contributed by atoms with E-state index in [0.29, 0.717) is 16.9 Å². The number of nitrogens with one attached hydrogen (secondary N) is 5. The summed E-state index contributed by atoms with van der Waals surface area (Å²) in [6.07, 6.45) is 4.47. The van der Waals surface area contributed by atoms with Gasteiger partial charge in [0, 0.05) is 24.4 Å². The van der Waals surface area contributed by atoms with Crippen molar-refractivity contribution in [3.8, 4) is 0 Å². The molecular weight excluding hydrogens is 434 g/mol. The number of hydrogen-bond acceptors (Lipinski definition) is 6. The molecule has 0 saturated carbocycles. The van der Waals surface area contributed by atoms with E-state index in [1.54, 1.807) is 24.3 Å². The van der Waals surface area contributed by atoms with Crippen molar-refractivity contribution in [1.82, 2.24) is 20.6 Å². The minimum Gasteiger partial charge on any atom is -0.481 e. The maximum atomic E-state index is 12.5. The normalized spacial score (nSPS) is 12.5. The van der Waals surface area contributed by atoms with Gasteiger partial charge >= 0.3 is 11.9 Å². The number of nitrogens with two attached hydrogens (primary N) is 1. The standard InChI is InChI=1S/C20H23N7O6/c21-20(22)25-12-4-1-11(2-5-12)3-6-16(28)26-14(8-17(29)30)18(31)27-15(19(32)33)7-13-9-23-10-24-13/h1-6,9-10,14-15H,7-8H2,(H,23,24)(H,26,28)(H,27,31)(H,29,30)(H,32,33)(H4,21,22,25)/t14-,15-/m0/s1. The quantitative estimate of drug-likeness (QED) is 0.123. The van der Waals surface area contributed by atoms with E-state index in [1.807, 2.05) is 0 Å². The summed E-state index contributed by atoms with van der Waals surface area (Å²) in [4.78, 5) is 53.9. The Morgan fingerprint density at radius 2 is 1.82 bits per heavy atom. The number of hydrogen-bond donors (Lipinski definition) is 8. The maximum Gasteiger partial charge on any atom is 0.326 e. The summed E-state index contributed by atoms with van der Waals surface area (Å²) in [5.41, 5.74) is 6.81. The largest absolute Gasteiger partial charge is 0.481 e. The summed E-state index contributed by atoms with van der Waals surface area (Å²) >= 11 is 0. The van der Waals surface area contributed by atoms with Crippen LogP contribution in [0.4, 0.5) is 5.69 Å². The van der Waals surface area contributed by atoms with Crippen LogP contribution in [-0.4, -0.2) is 62.0 Å². The van der Waals surface area contributed by atoms with E-state index in [-0.39, 0.29) is 12.4 Å². The average molecular weight is 457 g/mol. The van der Waals surface area contributed by atoms with Crippen molar-refractivity contribution in [3.05, 3.63) is 54.1 Å². The fraction of sp³-hybridized carbons (Fsp3) is 0.200. The lowest BCUT2D eigenvalue weighted by Gasteiger charge is -2.19. The predicted octanol–water partition coefficient (Wildman–Crippen LogP) is -0.500. The lowest BCUT2D eigenvalue weighted by molar-refractivity contribution is -0.143. The fourth-order valence-electron chi connectivity index (χ4n) is 2.69. The third-order valence-corrected chi connectivity index (χ3v) is 4.21. The van der Waals surface area contributed by atoms with Gasteiger partial charge in [-0.1, -0.05) is 12.1 Å². The van der Waals surface area contributed by atoms with Crippen LogP contribution in [0.15, 0.2) is 42.9 Å². The van der Waals surface area contributed by atoms with Gasteiger partial charge in [0.15, 0.2) is 5.96 Å². The first-order valence-electron chi connectivity index (χ1n) is 9.56. The molecule has 2 rings (SSSR count). The monoisotopic (exact) mass is 457 g/mol. The number of anilines is 1. The number of carboxylic acid groups (broad SMARTS) is 2. The van der Waals surface area contributed by atoms with Crippen LogP contribution in [0.3, 0.4) is 0 Å². The molecule has 13 heteroatoms. The van der Waals surface area contributed by atoms with Crippen LogP contribution in [0.2, 0.25) is 0 Å². The zero-order chi connectivity index (χ0) is 24.4. The van der Waals surface area contributed by atoms with Gasteiger partial charge in [-0.2, -0.15) is 0 Å². The lowest BCUT2D eigenvalue weighted by atomic mass is 10.1. The van der Waals surface area contributed by atoms with Crippen LogP contribution < -0.4 is 21.7 Å². The van der Waals surface area contributed by atoms with Crippen molar-refractivity contribution in [2.24, 2.45) is 5.73 Å². The van der Waals surface area contributed by atoms with Gasteiger partial charge in [-0.25, -0.2) is 9.78 Å². The Hall–Kier alpha value is -4.68. The van der Waals surface area contributed by atoms with Crippen molar-refractivity contribution >= 4 is 41.5 Å². The third-order valence-electron chi connectivity index (χ3n) is 4.21. The zero-order valence-electron chi connectivity index (χ0n) is 17.2. The SMILES string of the molecule is N=C(N)Nc1ccc(C=CC(=O)N[C@@H](CC(=O)O)C(=O)N[C@@H](Cc2c[nH]cn2)C(=O)O)cc1. The highest BCUT2D eigenvalue weighted by atomic mass is 16.4. The minimum atomic E-state index is -1.50. The van der Waals surface area contributed by atoms with Crippen molar-refractivity contribution in [2.75, 3.05) is 5.32 Å². The molecule has 1 aromatic heterocycles. The highest BCUT2D eigenvalue weighted by molar-refractivity contribution is 5.97. The van der Waals surface area contributed by atoms with Gasteiger partial charge in [0.05, 0.1) is 18.4 Å². The van der Waals surface area contributed by atoms with Crippen molar-refractivity contribution < 1.29 is 29.4 Å². The van der Waals surface area contributed by atoms with Gasteiger partial charge in [-0.3, -0.25) is 19.8 Å². The highest BCUT2D eigenvalue weighted by Crippen LogP contribution is 2.10. The van der Waals surface area contributed by atoms with Gasteiger partial charge in [-0.05, 0) is 23.8 Å². The molecule has 0 bridgehead atoms. The number of carbonyl (C=O) groups excluding carboxylic acids is 2. The molecule has 0 unspecified atom stereocenters. The maximum absolute atomic E-state index is 12.5. The predicted molar refractivity (Wildman–Crippen MR) is 117 cm³/mol. The number of guanidine groups is 1. The molecule has 2 amide bonds. The van der Waals surface area contributed by atoms with Crippen LogP contribution in [-0.2, 0) is 25.6 Å². The number of carboxylic acids is 2. The van der Waals surface area contributed by atoms with Gasteiger partial charge < -0.3 is 36.9 Å². The molecule has 174 valence electrons. The summed E-state index contributed by atoms with van der Waals surface area (Å²) in [6, 6.07) is 3.68. The van der Waals surface area contributed by atoms with Crippen LogP contribution in [0.1, 0.15) is 17.7 Å². The molecule has 9 N–H and O–H groups in total. The highest BCUT2D eigenvalue weighted by Gasteiger charge is 2.28. The first-order valence-corrected chi connectivity index (χ1v) is 9.56. The number of imidazole rings is 1. The van der Waals surface area contributed by atoms with Crippen molar-refractivity contribution in [3.63, 3.8) is 0 Å². The van der Waals surface area contributed by atoms with Crippen LogP contribution in [0.25, 0.3) is 6.08 Å². The number of aliphatic carboxylic acids is 2. The number of H-pyrrole nitrogens is 1. The summed E-state index contributed by atoms with van der Waals surface area (Å²) in [6.45, 7) is 0. The topological polar surface area (TPSA) is 223 Å². The molecular formula is C20H23N7O6. The molecule has 2 aromatic rings. The molecule has 0 aliphatic carbocycles. The number of nitrogens with zero attached hydrogens (tertiary/aromatic N) is 1. The molecule has 0 radical (unpaired) electrons. The Bertz CT molecular complexity index is 1030. The Morgan fingerprint density at radius 1 is 1.12 bits per heavy atom. The number of aromatic amines is 1. The molecule has 13 nitrogen and oxygen atoms in total. The Labute approximate surface area is 187 Å². The van der Waals surface area contributed by atoms with Gasteiger partial charge in [0.25, 0.3) is 0 Å². The van der Waals surface area contributed by atoms with Crippen molar-refractivity contribution in [1.29, 1.82) is 5.41 Å². The van der Waals surface area contributed by atoms with Crippen LogP contribution in [0.5, 0.6) is 0 Å². The summed E-state index contributed by atoms with van der Waals surface area (Å²) in [5, 5.41) is 32.7. The van der Waals surface area contributed by atoms with E-state index in [4.69, 9.17) is 16.2 Å². The summed E-state index contributed by atoms with van der Waals surface area (Å²) in [5.74, 6) is -4.63. The second kappa shape index (κ2) is 11.6. The number of aromatic nitrogens is 2. The molecule has 0 spiro atoms. The third kappa shape index (κ3) is 8.53. The van der Waals surface area contributed by atoms with E-state index in [1.165, 1.54) is 18.6 Å². The fourth-order valence-corrected chi connectivity index (χ4v) is 2.69. The van der Waals surface area contributed by atoms with Crippen LogP contribution >= 0.6 is 0 Å². The molecule has 1 aromatic carbocycles. The number of rotatable bonds is 11. The smallest absolute Gasteiger partial charge is 0.326 e. The van der Waals surface area contributed by atoms with Crippen molar-refractivity contribution in [2.45, 2.75) is 24.9 Å².